The topological polar surface area (TPSA) is 66.5 Å². The first kappa shape index (κ1) is 25.4. The van der Waals surface area contributed by atoms with Crippen LogP contribution in [-0.2, 0) is 29.4 Å². The van der Waals surface area contributed by atoms with Gasteiger partial charge >= 0.3 is 0 Å². The predicted molar refractivity (Wildman–Crippen MR) is 135 cm³/mol. The number of hydrogen-bond acceptors (Lipinski definition) is 3. The van der Waals surface area contributed by atoms with Gasteiger partial charge in [-0.05, 0) is 72.4 Å². The molecule has 0 aliphatic rings. The maximum Gasteiger partial charge on any atom is 0.251 e. The number of nitrogens with one attached hydrogen (secondary N) is 1. The van der Waals surface area contributed by atoms with Crippen LogP contribution >= 0.6 is 0 Å². The van der Waals surface area contributed by atoms with Crippen molar-refractivity contribution in [3.8, 4) is 0 Å². The number of sulfonamides is 1. The summed E-state index contributed by atoms with van der Waals surface area (Å²) in [4.78, 5) is 12.4. The summed E-state index contributed by atoms with van der Waals surface area (Å²) in [6.45, 7) is 2.75. The minimum Gasteiger partial charge on any atom is -0.352 e. The molecule has 0 radical (unpaired) electrons. The average Bonchev–Trinajstić information content (AvgIpc) is 2.82. The van der Waals surface area contributed by atoms with Gasteiger partial charge in [0.25, 0.3) is 5.91 Å². The summed E-state index contributed by atoms with van der Waals surface area (Å²) in [5, 5.41) is 2.85. The Hall–Kier alpha value is -3.19. The molecule has 0 fully saturated rings. The van der Waals surface area contributed by atoms with Crippen LogP contribution in [0.3, 0.4) is 0 Å². The van der Waals surface area contributed by atoms with E-state index in [2.05, 4.69) is 12.2 Å². The maximum atomic E-state index is 13.0. The second-order valence-corrected chi connectivity index (χ2v) is 10.3. The van der Waals surface area contributed by atoms with Gasteiger partial charge < -0.3 is 5.32 Å². The Morgan fingerprint density at radius 2 is 1.41 bits per heavy atom. The highest BCUT2D eigenvalue weighted by Crippen LogP contribution is 2.22. The molecule has 3 aromatic carbocycles. The quantitative estimate of drug-likeness (QED) is 0.413. The zero-order valence-corrected chi connectivity index (χ0v) is 20.4. The number of unbranched alkanes of at least 4 members (excludes halogenated alkanes) is 1. The van der Waals surface area contributed by atoms with Crippen LogP contribution in [0, 0.1) is 5.82 Å². The first-order valence-electron chi connectivity index (χ1n) is 11.4. The van der Waals surface area contributed by atoms with Crippen LogP contribution in [0.25, 0.3) is 0 Å². The number of rotatable bonds is 11. The molecular formula is C27H31FN2O3S. The second-order valence-electron chi connectivity index (χ2n) is 8.37. The van der Waals surface area contributed by atoms with Crippen LogP contribution in [0.4, 0.5) is 10.1 Å². The third kappa shape index (κ3) is 7.42. The Morgan fingerprint density at radius 3 is 2.00 bits per heavy atom. The third-order valence-corrected chi connectivity index (χ3v) is 6.74. The van der Waals surface area contributed by atoms with Crippen LogP contribution in [0.2, 0.25) is 0 Å². The molecule has 0 unspecified atom stereocenters. The lowest BCUT2D eigenvalue weighted by Crippen LogP contribution is -2.29. The molecule has 0 saturated heterocycles. The van der Waals surface area contributed by atoms with Crippen molar-refractivity contribution in [2.75, 3.05) is 17.1 Å². The maximum absolute atomic E-state index is 13.0. The molecule has 0 bridgehead atoms. The normalized spacial score (nSPS) is 11.3. The fourth-order valence-electron chi connectivity index (χ4n) is 3.61. The first-order valence-corrected chi connectivity index (χ1v) is 13.3. The van der Waals surface area contributed by atoms with Gasteiger partial charge in [0.05, 0.1) is 18.5 Å². The summed E-state index contributed by atoms with van der Waals surface area (Å²) in [7, 11) is -3.48. The van der Waals surface area contributed by atoms with Crippen molar-refractivity contribution < 1.29 is 17.6 Å². The monoisotopic (exact) mass is 482 g/mol. The summed E-state index contributed by atoms with van der Waals surface area (Å²) in [5.74, 6) is -0.498. The first-order chi connectivity index (χ1) is 16.3. The van der Waals surface area contributed by atoms with Gasteiger partial charge in [0.2, 0.25) is 10.0 Å². The summed E-state index contributed by atoms with van der Waals surface area (Å²) in [5.41, 5.74) is 4.02. The van der Waals surface area contributed by atoms with Crippen LogP contribution in [0.5, 0.6) is 0 Å². The largest absolute Gasteiger partial charge is 0.352 e. The van der Waals surface area contributed by atoms with Gasteiger partial charge in [0.1, 0.15) is 5.82 Å². The van der Waals surface area contributed by atoms with E-state index >= 15 is 0 Å². The van der Waals surface area contributed by atoms with Crippen LogP contribution in [-0.4, -0.2) is 27.1 Å². The number of nitrogens with zero attached hydrogens (tertiary/aromatic N) is 1. The number of carbonyl (C=O) groups excluding carboxylic acids is 1. The van der Waals surface area contributed by atoms with E-state index in [4.69, 9.17) is 0 Å². The van der Waals surface area contributed by atoms with Crippen molar-refractivity contribution in [1.82, 2.24) is 5.32 Å². The van der Waals surface area contributed by atoms with E-state index in [1.54, 1.807) is 36.4 Å². The van der Waals surface area contributed by atoms with Gasteiger partial charge in [-0.1, -0.05) is 49.7 Å². The van der Waals surface area contributed by atoms with E-state index in [1.165, 1.54) is 28.3 Å². The molecule has 0 heterocycles. The lowest BCUT2D eigenvalue weighted by atomic mass is 10.1. The molecule has 0 saturated carbocycles. The number of hydrogen-bond donors (Lipinski definition) is 1. The zero-order valence-electron chi connectivity index (χ0n) is 19.6. The number of halogens is 1. The van der Waals surface area contributed by atoms with Crippen molar-refractivity contribution >= 4 is 21.6 Å². The molecular weight excluding hydrogens is 451 g/mol. The molecule has 5 nitrogen and oxygen atoms in total. The van der Waals surface area contributed by atoms with Crippen molar-refractivity contribution in [1.29, 1.82) is 0 Å². The molecule has 7 heteroatoms. The van der Waals surface area contributed by atoms with E-state index < -0.39 is 10.0 Å². The van der Waals surface area contributed by atoms with Crippen molar-refractivity contribution in [3.63, 3.8) is 0 Å². The van der Waals surface area contributed by atoms with Gasteiger partial charge in [0, 0.05) is 12.1 Å². The summed E-state index contributed by atoms with van der Waals surface area (Å²) in [6.07, 6.45) is 4.98. The zero-order chi connectivity index (χ0) is 24.6. The molecule has 180 valence electrons. The SMILES string of the molecule is CCCCc1ccc(N(Cc2ccc(C(=O)NCCc3ccc(F)cc3)cc2)S(C)(=O)=O)cc1. The number of anilines is 1. The van der Waals surface area contributed by atoms with E-state index in [0.717, 1.165) is 30.4 Å². The number of benzene rings is 3. The van der Waals surface area contributed by atoms with E-state index in [-0.39, 0.29) is 18.3 Å². The molecule has 1 N–H and O–H groups in total. The number of carbonyl (C=O) groups is 1. The van der Waals surface area contributed by atoms with Crippen molar-refractivity contribution in [3.05, 3.63) is 101 Å². The molecule has 1 amide bonds. The van der Waals surface area contributed by atoms with Gasteiger partial charge in [-0.25, -0.2) is 12.8 Å². The van der Waals surface area contributed by atoms with Gasteiger partial charge in [0.15, 0.2) is 0 Å². The van der Waals surface area contributed by atoms with Crippen molar-refractivity contribution in [2.45, 2.75) is 39.2 Å². The van der Waals surface area contributed by atoms with Crippen LogP contribution < -0.4 is 9.62 Å². The fourth-order valence-corrected chi connectivity index (χ4v) is 4.50. The van der Waals surface area contributed by atoms with Gasteiger partial charge in [-0.3, -0.25) is 9.10 Å². The average molecular weight is 483 g/mol. The fraction of sp³-hybridized carbons (Fsp3) is 0.296. The summed E-state index contributed by atoms with van der Waals surface area (Å²) < 4.78 is 39.3. The molecule has 0 spiro atoms. The third-order valence-electron chi connectivity index (χ3n) is 5.60. The Balaban J connectivity index is 1.61. The van der Waals surface area contributed by atoms with Crippen LogP contribution in [0.1, 0.15) is 46.8 Å². The van der Waals surface area contributed by atoms with Crippen LogP contribution in [0.15, 0.2) is 72.8 Å². The van der Waals surface area contributed by atoms with Gasteiger partial charge in [-0.15, -0.1) is 0 Å². The van der Waals surface area contributed by atoms with Gasteiger partial charge in [-0.2, -0.15) is 0 Å². The standard InChI is InChI=1S/C27H31FN2O3S/c1-3-4-5-21-10-16-26(17-11-21)30(34(2,32)33)20-23-6-12-24(13-7-23)27(31)29-19-18-22-8-14-25(28)15-9-22/h6-17H,3-5,18-20H2,1-2H3,(H,29,31). The van der Waals surface area contributed by atoms with E-state index in [1.807, 2.05) is 24.3 Å². The van der Waals surface area contributed by atoms with Crippen molar-refractivity contribution in [2.24, 2.45) is 0 Å². The minimum absolute atomic E-state index is 0.180. The molecule has 0 aliphatic carbocycles. The molecule has 3 aromatic rings. The molecule has 0 aliphatic heterocycles. The predicted octanol–water partition coefficient (Wildman–Crippen LogP) is 5.11. The lowest BCUT2D eigenvalue weighted by molar-refractivity contribution is 0.0954. The number of amides is 1. The molecule has 34 heavy (non-hydrogen) atoms. The highest BCUT2D eigenvalue weighted by Gasteiger charge is 2.18. The summed E-state index contributed by atoms with van der Waals surface area (Å²) >= 11 is 0. The Bertz CT molecular complexity index is 1180. The Morgan fingerprint density at radius 1 is 0.853 bits per heavy atom. The summed E-state index contributed by atoms with van der Waals surface area (Å²) in [6, 6.07) is 20.7. The molecule has 0 atom stereocenters. The Kier molecular flexibility index (Phi) is 8.82. The van der Waals surface area contributed by atoms with E-state index in [9.17, 15) is 17.6 Å². The molecule has 0 aromatic heterocycles. The minimum atomic E-state index is -3.48. The van der Waals surface area contributed by atoms with E-state index in [0.29, 0.717) is 24.2 Å². The Labute approximate surface area is 201 Å². The highest BCUT2D eigenvalue weighted by atomic mass is 32.2. The second kappa shape index (κ2) is 11.8. The smallest absolute Gasteiger partial charge is 0.251 e. The lowest BCUT2D eigenvalue weighted by Gasteiger charge is -2.23. The number of aryl methyl sites for hydroxylation is 1. The molecule has 3 rings (SSSR count). The highest BCUT2D eigenvalue weighted by molar-refractivity contribution is 7.92.